The summed E-state index contributed by atoms with van der Waals surface area (Å²) in [6.45, 7) is 4.69. The van der Waals surface area contributed by atoms with E-state index in [0.717, 1.165) is 24.7 Å². The highest BCUT2D eigenvalue weighted by molar-refractivity contribution is 5.15. The van der Waals surface area contributed by atoms with Crippen molar-refractivity contribution in [1.82, 2.24) is 10.2 Å². The molecule has 2 unspecified atom stereocenters. The molecule has 0 bridgehead atoms. The van der Waals surface area contributed by atoms with Gasteiger partial charge < -0.3 is 5.32 Å². The predicted octanol–water partition coefficient (Wildman–Crippen LogP) is 2.79. The summed E-state index contributed by atoms with van der Waals surface area (Å²) in [5.74, 6) is 0. The van der Waals surface area contributed by atoms with Gasteiger partial charge in [0.25, 0.3) is 0 Å². The van der Waals surface area contributed by atoms with Crippen LogP contribution in [0.25, 0.3) is 0 Å². The van der Waals surface area contributed by atoms with Crippen LogP contribution in [0.4, 0.5) is 0 Å². The molecule has 2 atom stereocenters. The number of benzene rings is 1. The lowest BCUT2D eigenvalue weighted by atomic mass is 10.1. The maximum absolute atomic E-state index is 3.83. The zero-order valence-electron chi connectivity index (χ0n) is 11.3. The summed E-state index contributed by atoms with van der Waals surface area (Å²) in [7, 11) is 0. The largest absolute Gasteiger partial charge is 0.310 e. The summed E-state index contributed by atoms with van der Waals surface area (Å²) in [6, 6.07) is 13.2. The molecule has 3 rings (SSSR count). The first-order valence-corrected chi connectivity index (χ1v) is 7.41. The van der Waals surface area contributed by atoms with Crippen LogP contribution in [0.2, 0.25) is 0 Å². The Bertz CT molecular complexity index is 372. The molecule has 0 radical (unpaired) electrons. The number of hydrogen-bond donors (Lipinski definition) is 1. The van der Waals surface area contributed by atoms with E-state index in [1.807, 2.05) is 0 Å². The third kappa shape index (κ3) is 2.76. The zero-order chi connectivity index (χ0) is 12.4. The lowest BCUT2D eigenvalue weighted by Crippen LogP contribution is -2.42. The Kier molecular flexibility index (Phi) is 3.67. The van der Waals surface area contributed by atoms with Crippen LogP contribution in [0.1, 0.15) is 38.2 Å². The molecule has 0 amide bonds. The third-order valence-corrected chi connectivity index (χ3v) is 4.33. The quantitative estimate of drug-likeness (QED) is 0.857. The van der Waals surface area contributed by atoms with E-state index in [1.54, 1.807) is 0 Å². The SMILES string of the molecule is CCC1C(NC2CC2)CCN1Cc1ccccc1. The van der Waals surface area contributed by atoms with Gasteiger partial charge in [0.2, 0.25) is 0 Å². The van der Waals surface area contributed by atoms with Gasteiger partial charge in [-0.2, -0.15) is 0 Å². The summed E-state index contributed by atoms with van der Waals surface area (Å²) in [4.78, 5) is 2.66. The monoisotopic (exact) mass is 244 g/mol. The van der Waals surface area contributed by atoms with E-state index in [0.29, 0.717) is 0 Å². The lowest BCUT2D eigenvalue weighted by Gasteiger charge is -2.27. The second-order valence-corrected chi connectivity index (χ2v) is 5.77. The topological polar surface area (TPSA) is 15.3 Å². The molecule has 1 heterocycles. The molecule has 0 spiro atoms. The number of rotatable bonds is 5. The van der Waals surface area contributed by atoms with Crippen LogP contribution in [0.5, 0.6) is 0 Å². The van der Waals surface area contributed by atoms with E-state index in [1.165, 1.54) is 37.8 Å². The lowest BCUT2D eigenvalue weighted by molar-refractivity contribution is 0.219. The van der Waals surface area contributed by atoms with E-state index in [9.17, 15) is 0 Å². The summed E-state index contributed by atoms with van der Waals surface area (Å²) >= 11 is 0. The minimum absolute atomic E-state index is 0.728. The van der Waals surface area contributed by atoms with Crippen LogP contribution in [0, 0.1) is 0 Å². The molecule has 0 aromatic heterocycles. The Hall–Kier alpha value is -0.860. The molecule has 2 aliphatic rings. The van der Waals surface area contributed by atoms with E-state index in [4.69, 9.17) is 0 Å². The van der Waals surface area contributed by atoms with Crippen molar-refractivity contribution in [1.29, 1.82) is 0 Å². The Morgan fingerprint density at radius 2 is 1.94 bits per heavy atom. The van der Waals surface area contributed by atoms with Crippen molar-refractivity contribution in [2.24, 2.45) is 0 Å². The third-order valence-electron chi connectivity index (χ3n) is 4.33. The van der Waals surface area contributed by atoms with Crippen LogP contribution < -0.4 is 5.32 Å². The van der Waals surface area contributed by atoms with Crippen LogP contribution in [-0.4, -0.2) is 29.6 Å². The second-order valence-electron chi connectivity index (χ2n) is 5.77. The normalized spacial score (nSPS) is 28.7. The van der Waals surface area contributed by atoms with Gasteiger partial charge in [-0.15, -0.1) is 0 Å². The Labute approximate surface area is 110 Å². The first kappa shape index (κ1) is 12.2. The van der Waals surface area contributed by atoms with Crippen molar-refractivity contribution in [2.75, 3.05) is 6.54 Å². The molecule has 2 fully saturated rings. The van der Waals surface area contributed by atoms with Gasteiger partial charge in [-0.25, -0.2) is 0 Å². The maximum Gasteiger partial charge on any atom is 0.0250 e. The number of nitrogens with one attached hydrogen (secondary N) is 1. The van der Waals surface area contributed by atoms with Crippen LogP contribution in [0.15, 0.2) is 30.3 Å². The number of nitrogens with zero attached hydrogens (tertiary/aromatic N) is 1. The molecule has 2 heteroatoms. The molecule has 1 aliphatic carbocycles. The van der Waals surface area contributed by atoms with Crippen LogP contribution in [-0.2, 0) is 6.54 Å². The summed E-state index contributed by atoms with van der Waals surface area (Å²) in [5.41, 5.74) is 1.45. The van der Waals surface area contributed by atoms with Crippen molar-refractivity contribution in [3.05, 3.63) is 35.9 Å². The fourth-order valence-electron chi connectivity index (χ4n) is 3.22. The Balaban J connectivity index is 1.61. The van der Waals surface area contributed by atoms with E-state index in [2.05, 4.69) is 47.5 Å². The maximum atomic E-state index is 3.83. The molecule has 1 aromatic rings. The van der Waals surface area contributed by atoms with Gasteiger partial charge in [0.1, 0.15) is 0 Å². The second kappa shape index (κ2) is 5.41. The zero-order valence-corrected chi connectivity index (χ0v) is 11.3. The summed E-state index contributed by atoms with van der Waals surface area (Å²) in [6.07, 6.45) is 5.37. The standard InChI is InChI=1S/C16H24N2/c1-2-16-15(17-14-8-9-14)10-11-18(16)12-13-6-4-3-5-7-13/h3-7,14-17H,2,8-12H2,1H3. The van der Waals surface area contributed by atoms with Gasteiger partial charge in [-0.05, 0) is 31.2 Å². The number of likely N-dealkylation sites (tertiary alicyclic amines) is 1. The molecule has 1 aliphatic heterocycles. The van der Waals surface area contributed by atoms with Crippen LogP contribution >= 0.6 is 0 Å². The van der Waals surface area contributed by atoms with Crippen molar-refractivity contribution in [2.45, 2.75) is 57.3 Å². The fraction of sp³-hybridized carbons (Fsp3) is 0.625. The van der Waals surface area contributed by atoms with Gasteiger partial charge in [0, 0.05) is 31.2 Å². The van der Waals surface area contributed by atoms with Crippen molar-refractivity contribution < 1.29 is 0 Å². The van der Waals surface area contributed by atoms with Crippen LogP contribution in [0.3, 0.4) is 0 Å². The molecular formula is C16H24N2. The van der Waals surface area contributed by atoms with Gasteiger partial charge >= 0.3 is 0 Å². The molecule has 18 heavy (non-hydrogen) atoms. The molecular weight excluding hydrogens is 220 g/mol. The first-order valence-electron chi connectivity index (χ1n) is 7.41. The van der Waals surface area contributed by atoms with E-state index >= 15 is 0 Å². The van der Waals surface area contributed by atoms with Gasteiger partial charge in [0.05, 0.1) is 0 Å². The number of hydrogen-bond acceptors (Lipinski definition) is 2. The predicted molar refractivity (Wildman–Crippen MR) is 75.5 cm³/mol. The highest BCUT2D eigenvalue weighted by Gasteiger charge is 2.35. The Morgan fingerprint density at radius 3 is 2.61 bits per heavy atom. The smallest absolute Gasteiger partial charge is 0.0250 e. The minimum atomic E-state index is 0.728. The molecule has 1 saturated heterocycles. The summed E-state index contributed by atoms with van der Waals surface area (Å²) < 4.78 is 0. The minimum Gasteiger partial charge on any atom is -0.310 e. The molecule has 1 N–H and O–H groups in total. The molecule has 2 nitrogen and oxygen atoms in total. The van der Waals surface area contributed by atoms with Gasteiger partial charge in [-0.3, -0.25) is 4.90 Å². The average molecular weight is 244 g/mol. The van der Waals surface area contributed by atoms with E-state index in [-0.39, 0.29) is 0 Å². The van der Waals surface area contributed by atoms with Crippen molar-refractivity contribution in [3.8, 4) is 0 Å². The van der Waals surface area contributed by atoms with E-state index < -0.39 is 0 Å². The fourth-order valence-corrected chi connectivity index (χ4v) is 3.22. The average Bonchev–Trinajstić information content (AvgIpc) is 3.13. The molecule has 98 valence electrons. The Morgan fingerprint density at radius 1 is 1.17 bits per heavy atom. The molecule has 1 saturated carbocycles. The van der Waals surface area contributed by atoms with Gasteiger partial charge in [0.15, 0.2) is 0 Å². The molecule has 1 aromatic carbocycles. The van der Waals surface area contributed by atoms with Crippen molar-refractivity contribution in [3.63, 3.8) is 0 Å². The highest BCUT2D eigenvalue weighted by atomic mass is 15.2. The van der Waals surface area contributed by atoms with Gasteiger partial charge in [-0.1, -0.05) is 37.3 Å². The summed E-state index contributed by atoms with van der Waals surface area (Å²) in [5, 5.41) is 3.83. The first-order chi connectivity index (χ1) is 8.86. The highest BCUT2D eigenvalue weighted by Crippen LogP contribution is 2.27. The van der Waals surface area contributed by atoms with Crippen molar-refractivity contribution >= 4 is 0 Å².